The highest BCUT2D eigenvalue weighted by atomic mass is 32.2. The fourth-order valence-electron chi connectivity index (χ4n) is 1.46. The number of sulfone groups is 1. The molecule has 19 heavy (non-hydrogen) atoms. The van der Waals surface area contributed by atoms with Gasteiger partial charge in [-0.25, -0.2) is 12.8 Å². The quantitative estimate of drug-likeness (QED) is 0.749. The number of hydrogen-bond acceptors (Lipinski definition) is 4. The van der Waals surface area contributed by atoms with Gasteiger partial charge in [0, 0.05) is 6.26 Å². The van der Waals surface area contributed by atoms with Crippen LogP contribution in [0.15, 0.2) is 11.8 Å². The molecule has 1 aliphatic heterocycles. The van der Waals surface area contributed by atoms with Crippen LogP contribution >= 0.6 is 0 Å². The van der Waals surface area contributed by atoms with Crippen LogP contribution in [0.2, 0.25) is 0 Å². The summed E-state index contributed by atoms with van der Waals surface area (Å²) < 4.78 is 47.0. The molecule has 0 atom stereocenters. The Hall–Kier alpha value is -0.395. The van der Waals surface area contributed by atoms with Crippen molar-refractivity contribution in [3.8, 4) is 0 Å². The van der Waals surface area contributed by atoms with Crippen molar-refractivity contribution in [2.45, 2.75) is 57.5 Å². The minimum Gasteiger partial charge on any atom is -0.398 e. The van der Waals surface area contributed by atoms with Gasteiger partial charge in [0.05, 0.1) is 15.9 Å². The van der Waals surface area contributed by atoms with Gasteiger partial charge in [-0.2, -0.15) is 0 Å². The first kappa shape index (κ1) is 16.7. The van der Waals surface area contributed by atoms with Crippen molar-refractivity contribution in [1.29, 1.82) is 0 Å². The summed E-state index contributed by atoms with van der Waals surface area (Å²) in [6.45, 7) is 10.1. The maximum Gasteiger partial charge on any atom is 0.524 e. The Labute approximate surface area is 115 Å². The van der Waals surface area contributed by atoms with Gasteiger partial charge < -0.3 is 9.31 Å². The summed E-state index contributed by atoms with van der Waals surface area (Å²) >= 11 is 0. The van der Waals surface area contributed by atoms with Gasteiger partial charge in [-0.15, -0.1) is 0 Å². The van der Waals surface area contributed by atoms with E-state index in [0.29, 0.717) is 0 Å². The molecule has 0 saturated carbocycles. The lowest BCUT2D eigenvalue weighted by Gasteiger charge is -2.32. The van der Waals surface area contributed by atoms with E-state index >= 15 is 0 Å². The molecule has 0 aromatic carbocycles. The molecule has 0 radical (unpaired) electrons. The third-order valence-electron chi connectivity index (χ3n) is 3.92. The zero-order valence-corrected chi connectivity index (χ0v) is 13.4. The van der Waals surface area contributed by atoms with Crippen molar-refractivity contribution in [2.75, 3.05) is 6.26 Å². The van der Waals surface area contributed by atoms with E-state index in [1.807, 2.05) is 27.7 Å². The summed E-state index contributed by atoms with van der Waals surface area (Å²) in [5.41, 5.74) is -2.02. The van der Waals surface area contributed by atoms with Gasteiger partial charge in [0.15, 0.2) is 9.84 Å². The van der Waals surface area contributed by atoms with Crippen molar-refractivity contribution in [3.63, 3.8) is 0 Å². The molecule has 1 aliphatic rings. The van der Waals surface area contributed by atoms with E-state index in [4.69, 9.17) is 9.31 Å². The van der Waals surface area contributed by atoms with Gasteiger partial charge in [0.2, 0.25) is 0 Å². The Morgan fingerprint density at radius 2 is 1.53 bits per heavy atom. The SMILES string of the molecule is CC1(C)OB(C(F)=CC(C)(C)S(C)(=O)=O)OC1(C)C. The highest BCUT2D eigenvalue weighted by Gasteiger charge is 2.53. The van der Waals surface area contributed by atoms with Gasteiger partial charge in [0.1, 0.15) is 5.73 Å². The largest absolute Gasteiger partial charge is 0.524 e. The molecule has 1 saturated heterocycles. The maximum atomic E-state index is 14.2. The van der Waals surface area contributed by atoms with E-state index in [0.717, 1.165) is 12.3 Å². The average Bonchev–Trinajstić information content (AvgIpc) is 2.33. The lowest BCUT2D eigenvalue weighted by atomic mass is 9.86. The normalized spacial score (nSPS) is 23.8. The molecule has 0 bridgehead atoms. The molecule has 110 valence electrons. The van der Waals surface area contributed by atoms with Crippen molar-refractivity contribution >= 4 is 17.0 Å². The molecule has 0 aromatic rings. The van der Waals surface area contributed by atoms with Crippen molar-refractivity contribution in [1.82, 2.24) is 0 Å². The molecule has 1 fully saturated rings. The van der Waals surface area contributed by atoms with E-state index < -0.39 is 38.6 Å². The summed E-state index contributed by atoms with van der Waals surface area (Å²) in [5, 5.41) is 0. The molecule has 0 aliphatic carbocycles. The zero-order chi connectivity index (χ0) is 15.3. The van der Waals surface area contributed by atoms with Crippen LogP contribution in [0.3, 0.4) is 0 Å². The lowest BCUT2D eigenvalue weighted by Crippen LogP contribution is -2.41. The highest BCUT2D eigenvalue weighted by molar-refractivity contribution is 7.92. The Bertz CT molecular complexity index is 478. The predicted molar refractivity (Wildman–Crippen MR) is 74.2 cm³/mol. The average molecular weight is 292 g/mol. The second kappa shape index (κ2) is 4.57. The van der Waals surface area contributed by atoms with Crippen LogP contribution in [-0.4, -0.2) is 37.7 Å². The third-order valence-corrected chi connectivity index (χ3v) is 5.95. The molecule has 4 nitrogen and oxygen atoms in total. The van der Waals surface area contributed by atoms with E-state index in [2.05, 4.69) is 0 Å². The Kier molecular flexibility index (Phi) is 4.00. The molecular formula is C12H22BFO4S. The monoisotopic (exact) mass is 292 g/mol. The lowest BCUT2D eigenvalue weighted by molar-refractivity contribution is 0.00578. The van der Waals surface area contributed by atoms with Crippen LogP contribution in [0, 0.1) is 0 Å². The minimum atomic E-state index is -3.41. The van der Waals surface area contributed by atoms with Gasteiger partial charge in [-0.1, -0.05) is 0 Å². The molecule has 0 unspecified atom stereocenters. The number of halogens is 1. The van der Waals surface area contributed by atoms with Crippen LogP contribution in [-0.2, 0) is 19.1 Å². The molecule has 0 spiro atoms. The first-order chi connectivity index (χ1) is 8.20. The highest BCUT2D eigenvalue weighted by Crippen LogP contribution is 2.39. The van der Waals surface area contributed by atoms with Crippen LogP contribution in [0.25, 0.3) is 0 Å². The van der Waals surface area contributed by atoms with Crippen molar-refractivity contribution in [2.24, 2.45) is 0 Å². The summed E-state index contributed by atoms with van der Waals surface area (Å²) in [6.07, 6.45) is 2.12. The maximum absolute atomic E-state index is 14.2. The molecule has 1 rings (SSSR count). The second-order valence-electron chi connectivity index (χ2n) is 6.49. The van der Waals surface area contributed by atoms with E-state index in [-0.39, 0.29) is 0 Å². The first-order valence-corrected chi connectivity index (χ1v) is 8.02. The molecule has 1 heterocycles. The van der Waals surface area contributed by atoms with Crippen LogP contribution in [0.1, 0.15) is 41.5 Å². The molecule has 0 amide bonds. The fraction of sp³-hybridized carbons (Fsp3) is 0.833. The van der Waals surface area contributed by atoms with Gasteiger partial charge >= 0.3 is 7.12 Å². The number of hydrogen-bond donors (Lipinski definition) is 0. The first-order valence-electron chi connectivity index (χ1n) is 6.13. The molecule has 0 aromatic heterocycles. The van der Waals surface area contributed by atoms with Gasteiger partial charge in [0.25, 0.3) is 0 Å². The Morgan fingerprint density at radius 1 is 1.16 bits per heavy atom. The molecule has 0 N–H and O–H groups in total. The predicted octanol–water partition coefficient (Wildman–Crippen LogP) is 2.29. The fourth-order valence-corrected chi connectivity index (χ4v) is 1.79. The summed E-state index contributed by atoms with van der Waals surface area (Å²) in [5.74, 6) is 0. The minimum absolute atomic E-state index is 0.655. The Balaban J connectivity index is 3.02. The van der Waals surface area contributed by atoms with Crippen LogP contribution in [0.5, 0.6) is 0 Å². The standard InChI is InChI=1S/C12H22BFO4S/c1-10(2,19(7,15)16)8-9(14)13-17-11(3,4)12(5,6)18-13/h8H,1-7H3. The van der Waals surface area contributed by atoms with Gasteiger partial charge in [-0.3, -0.25) is 0 Å². The van der Waals surface area contributed by atoms with Crippen molar-refractivity contribution in [3.05, 3.63) is 11.8 Å². The van der Waals surface area contributed by atoms with Crippen molar-refractivity contribution < 1.29 is 22.1 Å². The van der Waals surface area contributed by atoms with E-state index in [1.54, 1.807) is 0 Å². The third kappa shape index (κ3) is 3.20. The number of rotatable bonds is 3. The van der Waals surface area contributed by atoms with Gasteiger partial charge in [-0.05, 0) is 47.6 Å². The summed E-state index contributed by atoms with van der Waals surface area (Å²) in [4.78, 5) is 0. The van der Waals surface area contributed by atoms with Crippen LogP contribution in [0.4, 0.5) is 4.39 Å². The molecule has 7 heteroatoms. The summed E-state index contributed by atoms with van der Waals surface area (Å²) in [7, 11) is -4.57. The zero-order valence-electron chi connectivity index (χ0n) is 12.6. The smallest absolute Gasteiger partial charge is 0.398 e. The summed E-state index contributed by atoms with van der Waals surface area (Å²) in [6, 6.07) is 0. The van der Waals surface area contributed by atoms with E-state index in [1.165, 1.54) is 13.8 Å². The van der Waals surface area contributed by atoms with Crippen LogP contribution < -0.4 is 0 Å². The second-order valence-corrected chi connectivity index (χ2v) is 9.09. The molecular weight excluding hydrogens is 270 g/mol. The Morgan fingerprint density at radius 3 is 1.84 bits per heavy atom. The topological polar surface area (TPSA) is 52.6 Å². The van der Waals surface area contributed by atoms with E-state index in [9.17, 15) is 12.8 Å².